The molecule has 0 saturated carbocycles. The van der Waals surface area contributed by atoms with Crippen LogP contribution in [-0.2, 0) is 0 Å². The second-order valence-electron chi connectivity index (χ2n) is 5.54. The number of likely N-dealkylation sites (N-methyl/N-ethyl adjacent to an activating group) is 1. The van der Waals surface area contributed by atoms with Crippen LogP contribution in [0.2, 0.25) is 10.0 Å². The van der Waals surface area contributed by atoms with Gasteiger partial charge in [-0.15, -0.1) is 10.2 Å². The van der Waals surface area contributed by atoms with Crippen molar-refractivity contribution < 1.29 is 4.42 Å². The number of benzene rings is 1. The van der Waals surface area contributed by atoms with E-state index in [1.54, 1.807) is 18.2 Å². The fourth-order valence-corrected chi connectivity index (χ4v) is 3.29. The fourth-order valence-electron chi connectivity index (χ4n) is 2.80. The zero-order valence-corrected chi connectivity index (χ0v) is 13.5. The molecule has 2 atom stereocenters. The van der Waals surface area contributed by atoms with Crippen LogP contribution in [0, 0.1) is 0 Å². The highest BCUT2D eigenvalue weighted by Gasteiger charge is 2.31. The Balaban J connectivity index is 1.89. The fraction of sp³-hybridized carbons (Fsp3) is 0.467. The molecule has 1 aliphatic rings. The summed E-state index contributed by atoms with van der Waals surface area (Å²) < 4.78 is 5.87. The van der Waals surface area contributed by atoms with Gasteiger partial charge in [0.2, 0.25) is 11.8 Å². The molecule has 2 heterocycles. The highest BCUT2D eigenvalue weighted by Crippen LogP contribution is 2.34. The van der Waals surface area contributed by atoms with Gasteiger partial charge in [0.1, 0.15) is 0 Å². The van der Waals surface area contributed by atoms with Crippen molar-refractivity contribution in [1.29, 1.82) is 0 Å². The molecule has 21 heavy (non-hydrogen) atoms. The summed E-state index contributed by atoms with van der Waals surface area (Å²) >= 11 is 12.1. The van der Waals surface area contributed by atoms with Crippen molar-refractivity contribution in [3.63, 3.8) is 0 Å². The Hall–Kier alpha value is -1.10. The van der Waals surface area contributed by atoms with Crippen LogP contribution in [0.5, 0.6) is 0 Å². The van der Waals surface area contributed by atoms with Crippen molar-refractivity contribution in [1.82, 2.24) is 15.1 Å². The molecule has 0 radical (unpaired) electrons. The Morgan fingerprint density at radius 2 is 2.10 bits per heavy atom. The Labute approximate surface area is 134 Å². The molecule has 112 valence electrons. The second-order valence-corrected chi connectivity index (χ2v) is 6.38. The van der Waals surface area contributed by atoms with E-state index in [0.29, 0.717) is 27.9 Å². The van der Waals surface area contributed by atoms with Gasteiger partial charge in [-0.2, -0.15) is 0 Å². The summed E-state index contributed by atoms with van der Waals surface area (Å²) in [5.41, 5.74) is 0.719. The summed E-state index contributed by atoms with van der Waals surface area (Å²) in [6, 6.07) is 5.65. The van der Waals surface area contributed by atoms with Crippen LogP contribution in [0.15, 0.2) is 22.6 Å². The van der Waals surface area contributed by atoms with Crippen LogP contribution in [-0.4, -0.2) is 34.7 Å². The summed E-state index contributed by atoms with van der Waals surface area (Å²) in [6.45, 7) is 3.31. The minimum absolute atomic E-state index is 0.274. The van der Waals surface area contributed by atoms with Gasteiger partial charge >= 0.3 is 0 Å². The zero-order chi connectivity index (χ0) is 15.0. The van der Waals surface area contributed by atoms with E-state index < -0.39 is 0 Å². The number of piperidine rings is 1. The molecule has 2 aromatic rings. The molecule has 0 N–H and O–H groups in total. The van der Waals surface area contributed by atoms with Gasteiger partial charge in [-0.25, -0.2) is 0 Å². The van der Waals surface area contributed by atoms with Crippen molar-refractivity contribution in [2.45, 2.75) is 31.7 Å². The molecule has 6 heteroatoms. The number of nitrogens with zero attached hydrogens (tertiary/aromatic N) is 3. The highest BCUT2D eigenvalue weighted by atomic mass is 35.5. The van der Waals surface area contributed by atoms with Gasteiger partial charge in [0.25, 0.3) is 0 Å². The lowest BCUT2D eigenvalue weighted by Crippen LogP contribution is -2.39. The predicted octanol–water partition coefficient (Wildman–Crippen LogP) is 4.24. The molecule has 0 unspecified atom stereocenters. The zero-order valence-electron chi connectivity index (χ0n) is 12.0. The predicted molar refractivity (Wildman–Crippen MR) is 83.8 cm³/mol. The van der Waals surface area contributed by atoms with E-state index in [-0.39, 0.29) is 5.92 Å². The molecule has 0 amide bonds. The first-order valence-electron chi connectivity index (χ1n) is 7.05. The number of halogens is 2. The van der Waals surface area contributed by atoms with Crippen molar-refractivity contribution in [2.75, 3.05) is 13.6 Å². The maximum absolute atomic E-state index is 6.19. The number of hydrogen-bond acceptors (Lipinski definition) is 4. The maximum atomic E-state index is 6.19. The number of likely N-dealkylation sites (tertiary alicyclic amines) is 1. The Kier molecular flexibility index (Phi) is 4.20. The molecule has 1 aromatic heterocycles. The molecule has 0 spiro atoms. The molecule has 1 saturated heterocycles. The monoisotopic (exact) mass is 325 g/mol. The molecule has 3 rings (SSSR count). The largest absolute Gasteiger partial charge is 0.420 e. The molecular formula is C15H17Cl2N3O. The van der Waals surface area contributed by atoms with Gasteiger partial charge in [0.15, 0.2) is 0 Å². The molecule has 0 bridgehead atoms. The van der Waals surface area contributed by atoms with E-state index in [9.17, 15) is 0 Å². The number of aromatic nitrogens is 2. The average molecular weight is 326 g/mol. The second kappa shape index (κ2) is 5.95. The summed E-state index contributed by atoms with van der Waals surface area (Å²) in [7, 11) is 2.13. The van der Waals surface area contributed by atoms with E-state index in [1.807, 2.05) is 0 Å². The van der Waals surface area contributed by atoms with Gasteiger partial charge in [-0.05, 0) is 51.6 Å². The summed E-state index contributed by atoms with van der Waals surface area (Å²) in [5, 5.41) is 9.49. The normalized spacial score (nSPS) is 23.4. The lowest BCUT2D eigenvalue weighted by molar-refractivity contribution is 0.158. The quantitative estimate of drug-likeness (QED) is 0.828. The summed E-state index contributed by atoms with van der Waals surface area (Å²) in [5.74, 6) is 1.42. The molecule has 1 aliphatic heterocycles. The van der Waals surface area contributed by atoms with Crippen LogP contribution in [0.4, 0.5) is 0 Å². The third kappa shape index (κ3) is 2.93. The van der Waals surface area contributed by atoms with Crippen LogP contribution >= 0.6 is 23.2 Å². The molecule has 1 aromatic carbocycles. The average Bonchev–Trinajstić information content (AvgIpc) is 2.91. The van der Waals surface area contributed by atoms with E-state index in [0.717, 1.165) is 24.9 Å². The summed E-state index contributed by atoms with van der Waals surface area (Å²) in [6.07, 6.45) is 2.21. The first kappa shape index (κ1) is 14.8. The highest BCUT2D eigenvalue weighted by molar-refractivity contribution is 6.36. The van der Waals surface area contributed by atoms with Crippen LogP contribution < -0.4 is 0 Å². The maximum Gasteiger partial charge on any atom is 0.249 e. The summed E-state index contributed by atoms with van der Waals surface area (Å²) in [4.78, 5) is 2.33. The van der Waals surface area contributed by atoms with Crippen molar-refractivity contribution in [3.8, 4) is 11.5 Å². The van der Waals surface area contributed by atoms with Gasteiger partial charge in [0.05, 0.1) is 16.5 Å². The van der Waals surface area contributed by atoms with Gasteiger partial charge in [-0.1, -0.05) is 23.2 Å². The van der Waals surface area contributed by atoms with Crippen molar-refractivity contribution in [2.24, 2.45) is 0 Å². The van der Waals surface area contributed by atoms with Crippen LogP contribution in [0.25, 0.3) is 11.5 Å². The van der Waals surface area contributed by atoms with Crippen molar-refractivity contribution in [3.05, 3.63) is 34.1 Å². The Bertz CT molecular complexity index is 644. The van der Waals surface area contributed by atoms with E-state index >= 15 is 0 Å². The smallest absolute Gasteiger partial charge is 0.249 e. The Morgan fingerprint density at radius 1 is 1.29 bits per heavy atom. The minimum atomic E-state index is 0.274. The first-order valence-corrected chi connectivity index (χ1v) is 7.81. The third-order valence-electron chi connectivity index (χ3n) is 4.22. The van der Waals surface area contributed by atoms with Gasteiger partial charge in [0, 0.05) is 11.1 Å². The lowest BCUT2D eigenvalue weighted by atomic mass is 9.90. The molecular weight excluding hydrogens is 309 g/mol. The molecule has 1 fully saturated rings. The third-order valence-corrected chi connectivity index (χ3v) is 4.77. The molecule has 4 nitrogen and oxygen atoms in total. The van der Waals surface area contributed by atoms with Crippen molar-refractivity contribution >= 4 is 23.2 Å². The standard InChI is InChI=1S/C15H17Cl2N3O/c1-9-11(4-3-7-20(9)2)14-18-19-15(21-14)12-6-5-10(16)8-13(12)17/h5-6,8-9,11H,3-4,7H2,1-2H3/t9-,11-/m0/s1. The number of hydrogen-bond donors (Lipinski definition) is 0. The van der Waals surface area contributed by atoms with E-state index in [1.165, 1.54) is 0 Å². The van der Waals surface area contributed by atoms with E-state index in [4.69, 9.17) is 27.6 Å². The number of rotatable bonds is 2. The van der Waals surface area contributed by atoms with Crippen LogP contribution in [0.3, 0.4) is 0 Å². The topological polar surface area (TPSA) is 42.2 Å². The molecule has 0 aliphatic carbocycles. The van der Waals surface area contributed by atoms with Gasteiger partial charge < -0.3 is 9.32 Å². The van der Waals surface area contributed by atoms with E-state index in [2.05, 4.69) is 29.1 Å². The Morgan fingerprint density at radius 3 is 2.86 bits per heavy atom. The first-order chi connectivity index (χ1) is 10.1. The van der Waals surface area contributed by atoms with Gasteiger partial charge in [-0.3, -0.25) is 0 Å². The minimum Gasteiger partial charge on any atom is -0.420 e. The lowest BCUT2D eigenvalue weighted by Gasteiger charge is -2.34. The SMILES string of the molecule is C[C@H]1[C@@H](c2nnc(-c3ccc(Cl)cc3Cl)o2)CCCN1C. The van der Waals surface area contributed by atoms with Crippen LogP contribution in [0.1, 0.15) is 31.6 Å².